The normalized spacial score (nSPS) is 26.8. The fourth-order valence-electron chi connectivity index (χ4n) is 6.76. The maximum Gasteiger partial charge on any atom is 0.255 e. The molecular weight excluding hydrogens is 450 g/mol. The molecule has 3 N–H and O–H groups in total. The molecule has 0 spiro atoms. The topological polar surface area (TPSA) is 87.6 Å². The molecule has 1 amide bonds. The van der Waals surface area contributed by atoms with E-state index in [0.717, 1.165) is 76.1 Å². The molecule has 3 saturated heterocycles. The molecular formula is C28H45N7O. The van der Waals surface area contributed by atoms with Gasteiger partial charge in [-0.25, -0.2) is 4.98 Å². The van der Waals surface area contributed by atoms with Crippen molar-refractivity contribution in [2.45, 2.75) is 58.4 Å². The summed E-state index contributed by atoms with van der Waals surface area (Å²) in [5.74, 6) is 3.21. The summed E-state index contributed by atoms with van der Waals surface area (Å²) in [6.07, 6.45) is 7.96. The highest BCUT2D eigenvalue weighted by Crippen LogP contribution is 2.61. The molecule has 3 aliphatic heterocycles. The van der Waals surface area contributed by atoms with Crippen LogP contribution in [0.25, 0.3) is 0 Å². The summed E-state index contributed by atoms with van der Waals surface area (Å²) in [5.41, 5.74) is 1.84. The second-order valence-corrected chi connectivity index (χ2v) is 12.0. The summed E-state index contributed by atoms with van der Waals surface area (Å²) >= 11 is 0. The molecule has 0 aromatic carbocycles. The summed E-state index contributed by atoms with van der Waals surface area (Å²) in [5, 5.41) is 14.2. The molecule has 4 fully saturated rings. The van der Waals surface area contributed by atoms with Gasteiger partial charge >= 0.3 is 0 Å². The average Bonchev–Trinajstić information content (AvgIpc) is 3.25. The Morgan fingerprint density at radius 2 is 1.69 bits per heavy atom. The minimum Gasteiger partial charge on any atom is -0.373 e. The lowest BCUT2D eigenvalue weighted by atomic mass is 10.0. The lowest BCUT2D eigenvalue weighted by Gasteiger charge is -2.34. The van der Waals surface area contributed by atoms with Crippen LogP contribution in [0.5, 0.6) is 0 Å². The lowest BCUT2D eigenvalue weighted by molar-refractivity contribution is 0.0907. The third-order valence-electron chi connectivity index (χ3n) is 9.43. The summed E-state index contributed by atoms with van der Waals surface area (Å²) in [6, 6.07) is 2.04. The van der Waals surface area contributed by atoms with E-state index in [2.05, 4.69) is 39.2 Å². The Bertz CT molecular complexity index is 933. The molecule has 36 heavy (non-hydrogen) atoms. The van der Waals surface area contributed by atoms with Crippen molar-refractivity contribution in [2.24, 2.45) is 17.3 Å². The van der Waals surface area contributed by atoms with Crippen molar-refractivity contribution >= 4 is 23.8 Å². The highest BCUT2D eigenvalue weighted by molar-refractivity contribution is 6.02. The van der Waals surface area contributed by atoms with E-state index in [9.17, 15) is 4.79 Å². The molecule has 2 unspecified atom stereocenters. The molecule has 2 atom stereocenters. The molecule has 1 aromatic rings. The van der Waals surface area contributed by atoms with Crippen LogP contribution in [0.4, 0.5) is 11.6 Å². The predicted molar refractivity (Wildman–Crippen MR) is 146 cm³/mol. The number of amides is 1. The SMILES string of the molecule is CNc1nc(N2CCCCCC2)c(C(=O)NC2CCN(CCN3CC4C(C3)C4(C)C)CC2)cc1C=N. The van der Waals surface area contributed by atoms with Crippen molar-refractivity contribution in [3.8, 4) is 0 Å². The Balaban J connectivity index is 1.16. The van der Waals surface area contributed by atoms with Gasteiger partial charge in [0.25, 0.3) is 5.91 Å². The van der Waals surface area contributed by atoms with Gasteiger partial charge in [0.2, 0.25) is 0 Å². The minimum absolute atomic E-state index is 0.0511. The molecule has 1 aliphatic carbocycles. The Kier molecular flexibility index (Phi) is 7.54. The van der Waals surface area contributed by atoms with Crippen molar-refractivity contribution in [2.75, 3.05) is 69.6 Å². The molecule has 5 rings (SSSR count). The largest absolute Gasteiger partial charge is 0.373 e. The summed E-state index contributed by atoms with van der Waals surface area (Å²) in [7, 11) is 1.82. The number of rotatable bonds is 8. The van der Waals surface area contributed by atoms with Gasteiger partial charge in [-0.2, -0.15) is 0 Å². The Morgan fingerprint density at radius 1 is 1.06 bits per heavy atom. The van der Waals surface area contributed by atoms with Crippen LogP contribution in [-0.2, 0) is 0 Å². The van der Waals surface area contributed by atoms with Crippen molar-refractivity contribution in [1.29, 1.82) is 5.41 Å². The van der Waals surface area contributed by atoms with Crippen LogP contribution in [0.1, 0.15) is 68.3 Å². The van der Waals surface area contributed by atoms with Gasteiger partial charge in [0, 0.05) is 77.2 Å². The maximum atomic E-state index is 13.5. The molecule has 198 valence electrons. The zero-order valence-electron chi connectivity index (χ0n) is 22.5. The molecule has 0 bridgehead atoms. The highest BCUT2D eigenvalue weighted by atomic mass is 16.1. The van der Waals surface area contributed by atoms with Crippen LogP contribution in [0.3, 0.4) is 0 Å². The van der Waals surface area contributed by atoms with E-state index in [1.807, 2.05) is 13.1 Å². The van der Waals surface area contributed by atoms with E-state index in [-0.39, 0.29) is 11.9 Å². The van der Waals surface area contributed by atoms with Crippen LogP contribution in [0, 0.1) is 22.7 Å². The monoisotopic (exact) mass is 495 g/mol. The van der Waals surface area contributed by atoms with Crippen LogP contribution in [0.15, 0.2) is 6.07 Å². The molecule has 8 heteroatoms. The van der Waals surface area contributed by atoms with Crippen LogP contribution < -0.4 is 15.5 Å². The van der Waals surface area contributed by atoms with Gasteiger partial charge in [-0.1, -0.05) is 26.7 Å². The van der Waals surface area contributed by atoms with Crippen molar-refractivity contribution in [1.82, 2.24) is 20.1 Å². The number of carbonyl (C=O) groups excluding carboxylic acids is 1. The number of aromatic nitrogens is 1. The van der Waals surface area contributed by atoms with E-state index in [1.165, 1.54) is 38.7 Å². The van der Waals surface area contributed by atoms with E-state index in [0.29, 0.717) is 22.4 Å². The molecule has 1 aromatic heterocycles. The van der Waals surface area contributed by atoms with Crippen molar-refractivity contribution < 1.29 is 4.79 Å². The average molecular weight is 496 g/mol. The summed E-state index contributed by atoms with van der Waals surface area (Å²) in [4.78, 5) is 25.8. The standard InChI is InChI=1S/C28H45N7O/c1-28(2)23-18-34(19-24(23)28)15-14-33-12-8-21(9-13-33)31-27(36)22-16-20(17-29)25(30-3)32-26(22)35-10-6-4-5-7-11-35/h16-17,21,23-24,29H,4-15,18-19H2,1-3H3,(H,30,32)(H,31,36). The van der Waals surface area contributed by atoms with Gasteiger partial charge in [0.15, 0.2) is 0 Å². The predicted octanol–water partition coefficient (Wildman–Crippen LogP) is 3.28. The number of piperidine rings is 2. The number of hydrogen-bond donors (Lipinski definition) is 3. The van der Waals surface area contributed by atoms with Crippen LogP contribution >= 0.6 is 0 Å². The fraction of sp³-hybridized carbons (Fsp3) is 0.750. The van der Waals surface area contributed by atoms with Gasteiger partial charge < -0.3 is 30.7 Å². The molecule has 1 saturated carbocycles. The number of fused-ring (bicyclic) bond motifs is 1. The molecule has 8 nitrogen and oxygen atoms in total. The molecule has 4 heterocycles. The van der Waals surface area contributed by atoms with Crippen molar-refractivity contribution in [3.63, 3.8) is 0 Å². The molecule has 4 aliphatic rings. The Labute approximate surface area is 216 Å². The van der Waals surface area contributed by atoms with Crippen LogP contribution in [-0.4, -0.2) is 92.4 Å². The molecule has 0 radical (unpaired) electrons. The van der Waals surface area contributed by atoms with E-state index >= 15 is 0 Å². The van der Waals surface area contributed by atoms with Gasteiger partial charge in [-0.3, -0.25) is 4.79 Å². The smallest absolute Gasteiger partial charge is 0.255 e. The fourth-order valence-corrected chi connectivity index (χ4v) is 6.76. The maximum absolute atomic E-state index is 13.5. The van der Waals surface area contributed by atoms with Gasteiger partial charge in [-0.15, -0.1) is 0 Å². The number of pyridine rings is 1. The van der Waals surface area contributed by atoms with Gasteiger partial charge in [-0.05, 0) is 49.0 Å². The zero-order valence-corrected chi connectivity index (χ0v) is 22.5. The van der Waals surface area contributed by atoms with Gasteiger partial charge in [0.1, 0.15) is 11.6 Å². The number of nitrogens with one attached hydrogen (secondary N) is 3. The van der Waals surface area contributed by atoms with E-state index in [1.54, 1.807) is 0 Å². The highest BCUT2D eigenvalue weighted by Gasteiger charge is 2.61. The first-order valence-electron chi connectivity index (χ1n) is 14.1. The third-order valence-corrected chi connectivity index (χ3v) is 9.43. The first-order valence-corrected chi connectivity index (χ1v) is 14.1. The Hall–Kier alpha value is -2.19. The van der Waals surface area contributed by atoms with Gasteiger partial charge in [0.05, 0.1) is 5.56 Å². The Morgan fingerprint density at radius 3 is 2.31 bits per heavy atom. The first kappa shape index (κ1) is 25.5. The third kappa shape index (κ3) is 5.25. The van der Waals surface area contributed by atoms with E-state index in [4.69, 9.17) is 10.4 Å². The number of likely N-dealkylation sites (tertiary alicyclic amines) is 2. The second kappa shape index (κ2) is 10.7. The van der Waals surface area contributed by atoms with Crippen molar-refractivity contribution in [3.05, 3.63) is 17.2 Å². The number of anilines is 2. The van der Waals surface area contributed by atoms with Crippen LogP contribution in [0.2, 0.25) is 0 Å². The zero-order chi connectivity index (χ0) is 25.3. The first-order chi connectivity index (χ1) is 17.4. The summed E-state index contributed by atoms with van der Waals surface area (Å²) in [6.45, 7) is 13.6. The second-order valence-electron chi connectivity index (χ2n) is 12.0. The minimum atomic E-state index is -0.0511. The quantitative estimate of drug-likeness (QED) is 0.480. The summed E-state index contributed by atoms with van der Waals surface area (Å²) < 4.78 is 0. The lowest BCUT2D eigenvalue weighted by Crippen LogP contribution is -2.46. The van der Waals surface area contributed by atoms with E-state index < -0.39 is 0 Å². The number of nitrogens with zero attached hydrogens (tertiary/aromatic N) is 4. The number of carbonyl (C=O) groups is 1. The number of hydrogen-bond acceptors (Lipinski definition) is 7.